The van der Waals surface area contributed by atoms with Gasteiger partial charge in [-0.1, -0.05) is 12.8 Å². The molecule has 1 radical (unpaired) electrons. The Morgan fingerprint density at radius 2 is 2.50 bits per heavy atom. The Labute approximate surface area is 61.0 Å². The molecule has 0 atom stereocenters. The van der Waals surface area contributed by atoms with Gasteiger partial charge in [0.25, 0.3) is 0 Å². The normalized spacial score (nSPS) is 13.5. The largest absolute Gasteiger partial charge is 0.158 e. The monoisotopic (exact) mass is 133 g/mol. The predicted molar refractivity (Wildman–Crippen MR) is 41.4 cm³/mol. The minimum Gasteiger partial charge on any atom is -0.158 e. The fraction of sp³-hybridized carbons (Fsp3) is 0.375. The van der Waals surface area contributed by atoms with Gasteiger partial charge in [-0.2, -0.15) is 5.43 Å². The van der Waals surface area contributed by atoms with Gasteiger partial charge in [-0.3, -0.25) is 0 Å². The Bertz CT molecular complexity index is 215. The minimum absolute atomic E-state index is 0.772. The second kappa shape index (κ2) is 3.73. The lowest BCUT2D eigenvalue weighted by molar-refractivity contribution is 0.972. The average molecular weight is 133 g/mol. The van der Waals surface area contributed by atoms with E-state index in [1.165, 1.54) is 0 Å². The van der Waals surface area contributed by atoms with Crippen LogP contribution in [0.2, 0.25) is 0 Å². The van der Waals surface area contributed by atoms with Gasteiger partial charge in [0, 0.05) is 6.42 Å². The maximum absolute atomic E-state index is 3.76. The van der Waals surface area contributed by atoms with Crippen LogP contribution in [0.4, 0.5) is 0 Å². The molecule has 0 unspecified atom stereocenters. The first kappa shape index (κ1) is 6.88. The number of rotatable bonds is 1. The van der Waals surface area contributed by atoms with Crippen LogP contribution in [-0.4, -0.2) is 5.71 Å². The van der Waals surface area contributed by atoms with Crippen molar-refractivity contribution in [1.82, 2.24) is 5.43 Å². The van der Waals surface area contributed by atoms with E-state index in [1.54, 1.807) is 6.20 Å². The molecule has 2 nitrogen and oxygen atoms in total. The molecule has 1 rings (SSSR count). The quantitative estimate of drug-likeness (QED) is 0.482. The predicted octanol–water partition coefficient (Wildman–Crippen LogP) is 1.28. The van der Waals surface area contributed by atoms with E-state index in [9.17, 15) is 0 Å². The summed E-state index contributed by atoms with van der Waals surface area (Å²) in [6.45, 7) is 2.10. The molecule has 0 saturated carbocycles. The summed E-state index contributed by atoms with van der Waals surface area (Å²) in [4.78, 5) is 0. The number of hydrogen-bond acceptors (Lipinski definition) is 1. The summed E-state index contributed by atoms with van der Waals surface area (Å²) < 4.78 is 0. The smallest absolute Gasteiger partial charge is 0.137 e. The second-order valence-corrected chi connectivity index (χ2v) is 1.97. The molecule has 1 aliphatic heterocycles. The molecule has 51 valence electrons. The molecule has 1 aliphatic rings. The van der Waals surface area contributed by atoms with Crippen molar-refractivity contribution in [3.05, 3.63) is 12.3 Å². The van der Waals surface area contributed by atoms with Crippen molar-refractivity contribution < 1.29 is 0 Å². The Morgan fingerprint density at radius 1 is 1.60 bits per heavy atom. The average Bonchev–Trinajstić information content (AvgIpc) is 2.41. The topological polar surface area (TPSA) is 26.5 Å². The van der Waals surface area contributed by atoms with Crippen LogP contribution >= 0.6 is 0 Å². The first-order valence-corrected chi connectivity index (χ1v) is 3.36. The van der Waals surface area contributed by atoms with E-state index in [1.807, 2.05) is 6.08 Å². The molecule has 10 heavy (non-hydrogen) atoms. The van der Waals surface area contributed by atoms with E-state index in [4.69, 9.17) is 0 Å². The highest BCUT2D eigenvalue weighted by molar-refractivity contribution is 6.09. The maximum Gasteiger partial charge on any atom is 0.137 e. The molecule has 0 bridgehead atoms. The van der Waals surface area contributed by atoms with Gasteiger partial charge in [0.15, 0.2) is 0 Å². The molecule has 0 amide bonds. The molecule has 0 aliphatic carbocycles. The van der Waals surface area contributed by atoms with Crippen molar-refractivity contribution in [2.24, 2.45) is 5.10 Å². The Kier molecular flexibility index (Phi) is 2.57. The standard InChI is InChI=1S/C8H9N2/c1-2-3-4-5-8-6-7-9-10-8/h6-7H,2-3H2,1H3. The Balaban J connectivity index is 2.39. The molecule has 0 aromatic heterocycles. The van der Waals surface area contributed by atoms with E-state index in [-0.39, 0.29) is 0 Å². The van der Waals surface area contributed by atoms with Gasteiger partial charge in [0.1, 0.15) is 5.71 Å². The van der Waals surface area contributed by atoms with Crippen molar-refractivity contribution in [3.8, 4) is 11.8 Å². The first-order chi connectivity index (χ1) is 4.93. The molecule has 0 aromatic rings. The van der Waals surface area contributed by atoms with Gasteiger partial charge in [0.2, 0.25) is 0 Å². The van der Waals surface area contributed by atoms with Gasteiger partial charge < -0.3 is 0 Å². The van der Waals surface area contributed by atoms with Crippen LogP contribution in [-0.2, 0) is 0 Å². The number of hydrogen-bond donors (Lipinski definition) is 0. The van der Waals surface area contributed by atoms with Crippen LogP contribution in [0.1, 0.15) is 19.8 Å². The van der Waals surface area contributed by atoms with Crippen molar-refractivity contribution in [3.63, 3.8) is 0 Å². The zero-order valence-electron chi connectivity index (χ0n) is 5.96. The third kappa shape index (κ3) is 1.94. The maximum atomic E-state index is 3.76. The van der Waals surface area contributed by atoms with E-state index in [0.29, 0.717) is 0 Å². The molecule has 0 aromatic carbocycles. The summed E-state index contributed by atoms with van der Waals surface area (Å²) in [6.07, 6.45) is 5.49. The Morgan fingerprint density at radius 3 is 3.10 bits per heavy atom. The SMILES string of the molecule is CCCC#CC1=N[N]C=C1. The highest BCUT2D eigenvalue weighted by Gasteiger charge is 1.92. The van der Waals surface area contributed by atoms with Crippen molar-refractivity contribution in [2.45, 2.75) is 19.8 Å². The van der Waals surface area contributed by atoms with Crippen LogP contribution in [0, 0.1) is 11.8 Å². The van der Waals surface area contributed by atoms with Crippen molar-refractivity contribution >= 4 is 5.71 Å². The Hall–Kier alpha value is -1.23. The molecular formula is C8H9N2. The lowest BCUT2D eigenvalue weighted by Crippen LogP contribution is -1.83. The molecule has 0 N–H and O–H groups in total. The molecule has 0 fully saturated rings. The summed E-state index contributed by atoms with van der Waals surface area (Å²) >= 11 is 0. The van der Waals surface area contributed by atoms with Crippen molar-refractivity contribution in [1.29, 1.82) is 0 Å². The molecule has 0 saturated heterocycles. The van der Waals surface area contributed by atoms with Crippen LogP contribution in [0.25, 0.3) is 0 Å². The number of nitrogens with zero attached hydrogens (tertiary/aromatic N) is 2. The number of allylic oxidation sites excluding steroid dienone is 1. The summed E-state index contributed by atoms with van der Waals surface area (Å²) in [5.74, 6) is 5.89. The first-order valence-electron chi connectivity index (χ1n) is 3.36. The van der Waals surface area contributed by atoms with E-state index in [2.05, 4.69) is 29.3 Å². The fourth-order valence-corrected chi connectivity index (χ4v) is 0.578. The van der Waals surface area contributed by atoms with Gasteiger partial charge >= 0.3 is 0 Å². The van der Waals surface area contributed by atoms with Gasteiger partial charge in [-0.25, -0.2) is 0 Å². The lowest BCUT2D eigenvalue weighted by atomic mass is 10.3. The molecule has 1 heterocycles. The summed E-state index contributed by atoms with van der Waals surface area (Å²) in [7, 11) is 0. The summed E-state index contributed by atoms with van der Waals surface area (Å²) in [6, 6.07) is 0. The fourth-order valence-electron chi connectivity index (χ4n) is 0.578. The van der Waals surface area contributed by atoms with Crippen LogP contribution in [0.5, 0.6) is 0 Å². The zero-order valence-corrected chi connectivity index (χ0v) is 5.96. The van der Waals surface area contributed by atoms with Crippen LogP contribution in [0.15, 0.2) is 17.4 Å². The van der Waals surface area contributed by atoms with Gasteiger partial charge in [0.05, 0.1) is 6.20 Å². The molecule has 2 heteroatoms. The lowest BCUT2D eigenvalue weighted by Gasteiger charge is -1.78. The van der Waals surface area contributed by atoms with Crippen molar-refractivity contribution in [2.75, 3.05) is 0 Å². The third-order valence-corrected chi connectivity index (χ3v) is 1.06. The highest BCUT2D eigenvalue weighted by atomic mass is 15.3. The minimum atomic E-state index is 0.772. The molecule has 0 spiro atoms. The van der Waals surface area contributed by atoms with Crippen LogP contribution in [0.3, 0.4) is 0 Å². The van der Waals surface area contributed by atoms with E-state index < -0.39 is 0 Å². The van der Waals surface area contributed by atoms with Gasteiger partial charge in [-0.15, -0.1) is 5.10 Å². The number of unbranched alkanes of at least 4 members (excludes halogenated alkanes) is 1. The molecular weight excluding hydrogens is 124 g/mol. The third-order valence-electron chi connectivity index (χ3n) is 1.06. The van der Waals surface area contributed by atoms with E-state index in [0.717, 1.165) is 18.6 Å². The summed E-state index contributed by atoms with van der Waals surface area (Å²) in [5.41, 5.74) is 4.42. The van der Waals surface area contributed by atoms with E-state index >= 15 is 0 Å². The van der Waals surface area contributed by atoms with Crippen LogP contribution < -0.4 is 5.43 Å². The zero-order chi connectivity index (χ0) is 7.23. The summed E-state index contributed by atoms with van der Waals surface area (Å²) in [5, 5.41) is 3.76. The highest BCUT2D eigenvalue weighted by Crippen LogP contribution is 1.89. The second-order valence-electron chi connectivity index (χ2n) is 1.97. The van der Waals surface area contributed by atoms with Gasteiger partial charge in [-0.05, 0) is 18.4 Å².